The lowest BCUT2D eigenvalue weighted by Crippen LogP contribution is -2.33. The Morgan fingerprint density at radius 1 is 1.24 bits per heavy atom. The van der Waals surface area contributed by atoms with E-state index in [4.69, 9.17) is 16.3 Å². The Labute approximate surface area is 109 Å². The van der Waals surface area contributed by atoms with E-state index in [0.717, 1.165) is 29.5 Å². The number of halogens is 1. The molecule has 2 rings (SSSR count). The quantitative estimate of drug-likeness (QED) is 0.814. The summed E-state index contributed by atoms with van der Waals surface area (Å²) >= 11 is 6.18. The molecule has 0 unspecified atom stereocenters. The van der Waals surface area contributed by atoms with Crippen molar-refractivity contribution in [1.82, 2.24) is 4.90 Å². The van der Waals surface area contributed by atoms with Gasteiger partial charge in [-0.25, -0.2) is 0 Å². The first-order valence-electron chi connectivity index (χ1n) is 6.37. The Bertz CT molecular complexity index is 361. The lowest BCUT2D eigenvalue weighted by molar-refractivity contribution is 0.183. The molecule has 1 aromatic carbocycles. The van der Waals surface area contributed by atoms with Crippen molar-refractivity contribution in [2.45, 2.75) is 26.2 Å². The van der Waals surface area contributed by atoms with E-state index in [-0.39, 0.29) is 0 Å². The minimum atomic E-state index is 0.725. The molecule has 3 heteroatoms. The van der Waals surface area contributed by atoms with Crippen LogP contribution in [0.2, 0.25) is 5.02 Å². The molecule has 0 spiro atoms. The maximum absolute atomic E-state index is 6.18. The molecule has 1 saturated heterocycles. The summed E-state index contributed by atoms with van der Waals surface area (Å²) in [6.07, 6.45) is 4.03. The molecule has 0 atom stereocenters. The van der Waals surface area contributed by atoms with Gasteiger partial charge in [-0.15, -0.1) is 0 Å². The van der Waals surface area contributed by atoms with Gasteiger partial charge in [0.2, 0.25) is 0 Å². The summed E-state index contributed by atoms with van der Waals surface area (Å²) in [5, 5.41) is 0.742. The predicted octanol–water partition coefficient (Wildman–Crippen LogP) is 3.51. The third kappa shape index (κ3) is 3.62. The van der Waals surface area contributed by atoms with Crippen LogP contribution in [0.5, 0.6) is 5.75 Å². The fraction of sp³-hybridized carbons (Fsp3) is 0.571. The third-order valence-corrected chi connectivity index (χ3v) is 3.75. The van der Waals surface area contributed by atoms with Crippen molar-refractivity contribution in [3.05, 3.63) is 28.8 Å². The molecule has 0 saturated carbocycles. The second-order valence-corrected chi connectivity index (χ2v) is 5.02. The molecular formula is C14H20ClNO. The highest BCUT2D eigenvalue weighted by Gasteiger charge is 2.10. The van der Waals surface area contributed by atoms with Crippen molar-refractivity contribution in [3.63, 3.8) is 0 Å². The van der Waals surface area contributed by atoms with Gasteiger partial charge >= 0.3 is 0 Å². The number of ether oxygens (including phenoxy) is 1. The Morgan fingerprint density at radius 2 is 2.00 bits per heavy atom. The number of rotatable bonds is 4. The van der Waals surface area contributed by atoms with Gasteiger partial charge in [-0.05, 0) is 44.5 Å². The van der Waals surface area contributed by atoms with Crippen molar-refractivity contribution in [2.24, 2.45) is 0 Å². The second-order valence-electron chi connectivity index (χ2n) is 4.64. The minimum Gasteiger partial charge on any atom is -0.491 e. The molecule has 0 bridgehead atoms. The van der Waals surface area contributed by atoms with Crippen LogP contribution >= 0.6 is 11.6 Å². The van der Waals surface area contributed by atoms with Gasteiger partial charge in [0.25, 0.3) is 0 Å². The molecule has 0 amide bonds. The van der Waals surface area contributed by atoms with Crippen LogP contribution in [0.25, 0.3) is 0 Å². The fourth-order valence-corrected chi connectivity index (χ4v) is 2.38. The van der Waals surface area contributed by atoms with E-state index in [1.807, 2.05) is 25.1 Å². The molecule has 1 heterocycles. The highest BCUT2D eigenvalue weighted by atomic mass is 35.5. The zero-order valence-electron chi connectivity index (χ0n) is 10.4. The number of piperidine rings is 1. The van der Waals surface area contributed by atoms with Crippen molar-refractivity contribution in [1.29, 1.82) is 0 Å². The summed E-state index contributed by atoms with van der Waals surface area (Å²) in [7, 11) is 0. The van der Waals surface area contributed by atoms with E-state index in [1.54, 1.807) is 0 Å². The molecule has 1 aliphatic rings. The number of hydrogen-bond donors (Lipinski definition) is 0. The lowest BCUT2D eigenvalue weighted by Gasteiger charge is -2.26. The van der Waals surface area contributed by atoms with E-state index in [0.29, 0.717) is 0 Å². The molecule has 0 radical (unpaired) electrons. The van der Waals surface area contributed by atoms with Gasteiger partial charge in [-0.3, -0.25) is 4.90 Å². The van der Waals surface area contributed by atoms with Gasteiger partial charge in [0.05, 0.1) is 5.02 Å². The SMILES string of the molecule is Cc1cccc(OCCN2CCCCC2)c1Cl. The van der Waals surface area contributed by atoms with Crippen LogP contribution in [0, 0.1) is 6.92 Å². The molecule has 1 aliphatic heterocycles. The van der Waals surface area contributed by atoms with E-state index in [2.05, 4.69) is 4.90 Å². The molecular weight excluding hydrogens is 234 g/mol. The first-order valence-corrected chi connectivity index (χ1v) is 6.75. The van der Waals surface area contributed by atoms with Crippen molar-refractivity contribution < 1.29 is 4.74 Å². The van der Waals surface area contributed by atoms with Crippen LogP contribution in [0.15, 0.2) is 18.2 Å². The Morgan fingerprint density at radius 3 is 2.76 bits per heavy atom. The van der Waals surface area contributed by atoms with Crippen LogP contribution in [0.3, 0.4) is 0 Å². The largest absolute Gasteiger partial charge is 0.491 e. The smallest absolute Gasteiger partial charge is 0.138 e. The number of aryl methyl sites for hydroxylation is 1. The molecule has 0 N–H and O–H groups in total. The zero-order chi connectivity index (χ0) is 12.1. The summed E-state index contributed by atoms with van der Waals surface area (Å²) in [6.45, 7) is 6.16. The minimum absolute atomic E-state index is 0.725. The van der Waals surface area contributed by atoms with Crippen LogP contribution in [0.1, 0.15) is 24.8 Å². The standard InChI is InChI=1S/C14H20ClNO/c1-12-6-5-7-13(14(12)15)17-11-10-16-8-3-2-4-9-16/h5-7H,2-4,8-11H2,1H3. The second kappa shape index (κ2) is 6.27. The fourth-order valence-electron chi connectivity index (χ4n) is 2.20. The van der Waals surface area contributed by atoms with Gasteiger partial charge in [0.1, 0.15) is 12.4 Å². The Hall–Kier alpha value is -0.730. The molecule has 1 aromatic rings. The highest BCUT2D eigenvalue weighted by Crippen LogP contribution is 2.27. The molecule has 0 aliphatic carbocycles. The normalized spacial score (nSPS) is 17.1. The lowest BCUT2D eigenvalue weighted by atomic mass is 10.1. The number of nitrogens with zero attached hydrogens (tertiary/aromatic N) is 1. The summed E-state index contributed by atoms with van der Waals surface area (Å²) in [6, 6.07) is 5.92. The van der Waals surface area contributed by atoms with Crippen LogP contribution < -0.4 is 4.74 Å². The first kappa shape index (κ1) is 12.7. The van der Waals surface area contributed by atoms with Gasteiger partial charge in [-0.1, -0.05) is 30.2 Å². The molecule has 94 valence electrons. The summed E-state index contributed by atoms with van der Waals surface area (Å²) in [5.41, 5.74) is 1.07. The van der Waals surface area contributed by atoms with Crippen LogP contribution in [0.4, 0.5) is 0 Å². The maximum atomic E-state index is 6.18. The van der Waals surface area contributed by atoms with Crippen molar-refractivity contribution in [2.75, 3.05) is 26.2 Å². The van der Waals surface area contributed by atoms with Crippen LogP contribution in [-0.4, -0.2) is 31.1 Å². The van der Waals surface area contributed by atoms with Crippen LogP contribution in [-0.2, 0) is 0 Å². The van der Waals surface area contributed by atoms with Gasteiger partial charge in [0.15, 0.2) is 0 Å². The molecule has 17 heavy (non-hydrogen) atoms. The van der Waals surface area contributed by atoms with Gasteiger partial charge in [-0.2, -0.15) is 0 Å². The summed E-state index contributed by atoms with van der Waals surface area (Å²) in [5.74, 6) is 0.809. The average Bonchev–Trinajstić information content (AvgIpc) is 2.36. The number of benzene rings is 1. The van der Waals surface area contributed by atoms with Crippen molar-refractivity contribution >= 4 is 11.6 Å². The zero-order valence-corrected chi connectivity index (χ0v) is 11.2. The highest BCUT2D eigenvalue weighted by molar-refractivity contribution is 6.32. The molecule has 0 aromatic heterocycles. The number of hydrogen-bond acceptors (Lipinski definition) is 2. The van der Waals surface area contributed by atoms with E-state index in [9.17, 15) is 0 Å². The van der Waals surface area contributed by atoms with Gasteiger partial charge in [0, 0.05) is 6.54 Å². The van der Waals surface area contributed by atoms with Crippen molar-refractivity contribution in [3.8, 4) is 5.75 Å². The molecule has 2 nitrogen and oxygen atoms in total. The predicted molar refractivity (Wildman–Crippen MR) is 72.0 cm³/mol. The van der Waals surface area contributed by atoms with E-state index in [1.165, 1.54) is 32.4 Å². The topological polar surface area (TPSA) is 12.5 Å². The van der Waals surface area contributed by atoms with E-state index < -0.39 is 0 Å². The maximum Gasteiger partial charge on any atom is 0.138 e. The number of likely N-dealkylation sites (tertiary alicyclic amines) is 1. The van der Waals surface area contributed by atoms with E-state index >= 15 is 0 Å². The average molecular weight is 254 g/mol. The molecule has 1 fully saturated rings. The monoisotopic (exact) mass is 253 g/mol. The Kier molecular flexibility index (Phi) is 4.69. The summed E-state index contributed by atoms with van der Waals surface area (Å²) < 4.78 is 5.75. The summed E-state index contributed by atoms with van der Waals surface area (Å²) in [4.78, 5) is 2.47. The van der Waals surface area contributed by atoms with Gasteiger partial charge < -0.3 is 4.74 Å². The first-order chi connectivity index (χ1) is 8.27. The Balaban J connectivity index is 1.79. The third-order valence-electron chi connectivity index (χ3n) is 3.27.